The number of amides is 1. The van der Waals surface area contributed by atoms with Crippen molar-refractivity contribution < 1.29 is 4.79 Å². The number of nitrogen functional groups attached to an aromatic ring is 1. The average molecular weight is 246 g/mol. The summed E-state index contributed by atoms with van der Waals surface area (Å²) in [5.41, 5.74) is 7.06. The minimum absolute atomic E-state index is 0.0850. The fourth-order valence-corrected chi connectivity index (χ4v) is 2.67. The van der Waals surface area contributed by atoms with E-state index in [0.29, 0.717) is 17.3 Å². The van der Waals surface area contributed by atoms with Crippen molar-refractivity contribution in [1.29, 1.82) is 0 Å². The highest BCUT2D eigenvalue weighted by Crippen LogP contribution is 2.27. The molecule has 1 aromatic carbocycles. The lowest BCUT2D eigenvalue weighted by molar-refractivity contribution is 0.0679. The van der Waals surface area contributed by atoms with Crippen LogP contribution in [0.4, 0.5) is 5.69 Å². The molecule has 0 saturated heterocycles. The minimum Gasteiger partial charge on any atom is -0.399 e. The third kappa shape index (κ3) is 2.84. The second-order valence-corrected chi connectivity index (χ2v) is 5.46. The minimum atomic E-state index is 0.0850. The van der Waals surface area contributed by atoms with Gasteiger partial charge < -0.3 is 10.6 Å². The highest BCUT2D eigenvalue weighted by molar-refractivity contribution is 5.95. The molecule has 0 unspecified atom stereocenters. The van der Waals surface area contributed by atoms with Gasteiger partial charge in [0.1, 0.15) is 0 Å². The number of anilines is 1. The standard InChI is InChI=1S/C15H22N2O/c1-11-6-8-14(9-7-11)17(2)15(18)12-4-3-5-13(16)10-12/h3-5,10-11,14H,6-9,16H2,1-2H3. The predicted octanol–water partition coefficient (Wildman–Crippen LogP) is 2.92. The van der Waals surface area contributed by atoms with Gasteiger partial charge in [0.15, 0.2) is 0 Å². The van der Waals surface area contributed by atoms with Gasteiger partial charge in [0, 0.05) is 24.3 Å². The lowest BCUT2D eigenvalue weighted by Crippen LogP contribution is -2.39. The Bertz CT molecular complexity index is 422. The first-order valence-corrected chi connectivity index (χ1v) is 6.70. The normalized spacial score (nSPS) is 23.7. The van der Waals surface area contributed by atoms with E-state index >= 15 is 0 Å². The number of nitrogens with two attached hydrogens (primary N) is 1. The summed E-state index contributed by atoms with van der Waals surface area (Å²) in [6, 6.07) is 7.61. The van der Waals surface area contributed by atoms with Gasteiger partial charge >= 0.3 is 0 Å². The zero-order valence-electron chi connectivity index (χ0n) is 11.2. The summed E-state index contributed by atoms with van der Waals surface area (Å²) in [4.78, 5) is 14.2. The maximum atomic E-state index is 12.3. The fourth-order valence-electron chi connectivity index (χ4n) is 2.67. The van der Waals surface area contributed by atoms with E-state index in [2.05, 4.69) is 6.92 Å². The molecule has 3 nitrogen and oxygen atoms in total. The van der Waals surface area contributed by atoms with E-state index in [1.54, 1.807) is 12.1 Å². The molecule has 0 aromatic heterocycles. The number of hydrogen-bond acceptors (Lipinski definition) is 2. The Morgan fingerprint density at radius 2 is 1.94 bits per heavy atom. The summed E-state index contributed by atoms with van der Waals surface area (Å²) in [6.07, 6.45) is 4.68. The van der Waals surface area contributed by atoms with Crippen molar-refractivity contribution in [3.63, 3.8) is 0 Å². The van der Waals surface area contributed by atoms with Gasteiger partial charge in [-0.15, -0.1) is 0 Å². The van der Waals surface area contributed by atoms with E-state index in [1.165, 1.54) is 12.8 Å². The Morgan fingerprint density at radius 3 is 2.56 bits per heavy atom. The van der Waals surface area contributed by atoms with Gasteiger partial charge in [-0.3, -0.25) is 4.79 Å². The zero-order chi connectivity index (χ0) is 13.1. The number of hydrogen-bond donors (Lipinski definition) is 1. The van der Waals surface area contributed by atoms with Crippen LogP contribution in [0, 0.1) is 5.92 Å². The van der Waals surface area contributed by atoms with E-state index in [4.69, 9.17) is 5.73 Å². The molecular weight excluding hydrogens is 224 g/mol. The van der Waals surface area contributed by atoms with Crippen molar-refractivity contribution in [3.05, 3.63) is 29.8 Å². The van der Waals surface area contributed by atoms with Crippen molar-refractivity contribution in [2.45, 2.75) is 38.6 Å². The van der Waals surface area contributed by atoms with Crippen molar-refractivity contribution in [2.75, 3.05) is 12.8 Å². The van der Waals surface area contributed by atoms with Crippen LogP contribution < -0.4 is 5.73 Å². The van der Waals surface area contributed by atoms with E-state index in [9.17, 15) is 4.79 Å². The molecule has 1 aliphatic carbocycles. The van der Waals surface area contributed by atoms with E-state index < -0.39 is 0 Å². The van der Waals surface area contributed by atoms with Crippen LogP contribution in [0.3, 0.4) is 0 Å². The molecule has 0 atom stereocenters. The Balaban J connectivity index is 2.04. The summed E-state index contributed by atoms with van der Waals surface area (Å²) in [5, 5.41) is 0. The van der Waals surface area contributed by atoms with Gasteiger partial charge in [-0.2, -0.15) is 0 Å². The maximum Gasteiger partial charge on any atom is 0.253 e. The highest BCUT2D eigenvalue weighted by Gasteiger charge is 2.25. The number of nitrogens with zero attached hydrogens (tertiary/aromatic N) is 1. The molecule has 1 saturated carbocycles. The van der Waals surface area contributed by atoms with Crippen molar-refractivity contribution in [1.82, 2.24) is 4.90 Å². The second-order valence-electron chi connectivity index (χ2n) is 5.46. The maximum absolute atomic E-state index is 12.3. The van der Waals surface area contributed by atoms with Crippen LogP contribution in [0.1, 0.15) is 43.0 Å². The lowest BCUT2D eigenvalue weighted by Gasteiger charge is -2.33. The van der Waals surface area contributed by atoms with Crippen LogP contribution in [-0.4, -0.2) is 23.9 Å². The summed E-state index contributed by atoms with van der Waals surface area (Å²) >= 11 is 0. The second kappa shape index (κ2) is 5.42. The predicted molar refractivity (Wildman–Crippen MR) is 74.4 cm³/mol. The molecule has 1 aromatic rings. The summed E-state index contributed by atoms with van der Waals surface area (Å²) < 4.78 is 0. The van der Waals surface area contributed by atoms with Crippen LogP contribution in [0.15, 0.2) is 24.3 Å². The van der Waals surface area contributed by atoms with Crippen LogP contribution in [-0.2, 0) is 0 Å². The Hall–Kier alpha value is -1.51. The fraction of sp³-hybridized carbons (Fsp3) is 0.533. The average Bonchev–Trinajstić information content (AvgIpc) is 2.38. The zero-order valence-corrected chi connectivity index (χ0v) is 11.2. The smallest absolute Gasteiger partial charge is 0.253 e. The molecule has 1 aliphatic rings. The third-order valence-electron chi connectivity index (χ3n) is 3.99. The largest absolute Gasteiger partial charge is 0.399 e. The third-order valence-corrected chi connectivity index (χ3v) is 3.99. The van der Waals surface area contributed by atoms with E-state index in [-0.39, 0.29) is 5.91 Å². The summed E-state index contributed by atoms with van der Waals surface area (Å²) in [6.45, 7) is 2.29. The Kier molecular flexibility index (Phi) is 3.90. The molecule has 0 aliphatic heterocycles. The monoisotopic (exact) mass is 246 g/mol. The van der Waals surface area contributed by atoms with Crippen molar-refractivity contribution in [3.8, 4) is 0 Å². The molecule has 18 heavy (non-hydrogen) atoms. The van der Waals surface area contributed by atoms with Gasteiger partial charge in [-0.25, -0.2) is 0 Å². The van der Waals surface area contributed by atoms with E-state index in [1.807, 2.05) is 24.1 Å². The highest BCUT2D eigenvalue weighted by atomic mass is 16.2. The summed E-state index contributed by atoms with van der Waals surface area (Å²) in [7, 11) is 1.91. The number of rotatable bonds is 2. The molecular formula is C15H22N2O. The van der Waals surface area contributed by atoms with Gasteiger partial charge in [0.2, 0.25) is 0 Å². The number of carbonyl (C=O) groups is 1. The van der Waals surface area contributed by atoms with Gasteiger partial charge in [0.25, 0.3) is 5.91 Å². The Labute approximate surface area is 109 Å². The van der Waals surface area contributed by atoms with Crippen LogP contribution in [0.25, 0.3) is 0 Å². The first kappa shape index (κ1) is 12.9. The first-order valence-electron chi connectivity index (χ1n) is 6.70. The van der Waals surface area contributed by atoms with Crippen molar-refractivity contribution >= 4 is 11.6 Å². The van der Waals surface area contributed by atoms with Crippen LogP contribution in [0.2, 0.25) is 0 Å². The lowest BCUT2D eigenvalue weighted by atomic mass is 9.86. The Morgan fingerprint density at radius 1 is 1.28 bits per heavy atom. The molecule has 0 bridgehead atoms. The molecule has 2 rings (SSSR count). The topological polar surface area (TPSA) is 46.3 Å². The molecule has 0 spiro atoms. The SMILES string of the molecule is CC1CCC(N(C)C(=O)c2cccc(N)c2)CC1. The molecule has 0 heterocycles. The molecule has 1 amide bonds. The number of benzene rings is 1. The first-order chi connectivity index (χ1) is 8.58. The van der Waals surface area contributed by atoms with Crippen molar-refractivity contribution in [2.24, 2.45) is 5.92 Å². The van der Waals surface area contributed by atoms with Gasteiger partial charge in [-0.1, -0.05) is 13.0 Å². The van der Waals surface area contributed by atoms with Crippen LogP contribution >= 0.6 is 0 Å². The molecule has 0 radical (unpaired) electrons. The quantitative estimate of drug-likeness (QED) is 0.815. The van der Waals surface area contributed by atoms with Crippen LogP contribution in [0.5, 0.6) is 0 Å². The molecule has 3 heteroatoms. The molecule has 2 N–H and O–H groups in total. The van der Waals surface area contributed by atoms with E-state index in [0.717, 1.165) is 18.8 Å². The van der Waals surface area contributed by atoms with Gasteiger partial charge in [0.05, 0.1) is 0 Å². The summed E-state index contributed by atoms with van der Waals surface area (Å²) in [5.74, 6) is 0.888. The number of carbonyl (C=O) groups excluding carboxylic acids is 1. The molecule has 98 valence electrons. The van der Waals surface area contributed by atoms with Gasteiger partial charge in [-0.05, 0) is 49.8 Å². The molecule has 1 fully saturated rings.